The number of hydrogen-bond donors (Lipinski definition) is 2. The third-order valence-electron chi connectivity index (χ3n) is 1.71. The van der Waals surface area contributed by atoms with E-state index >= 15 is 0 Å². The van der Waals surface area contributed by atoms with Crippen LogP contribution in [0.15, 0.2) is 0 Å². The van der Waals surface area contributed by atoms with Crippen LogP contribution in [0.1, 0.15) is 26.2 Å². The molecule has 6 heteroatoms. The van der Waals surface area contributed by atoms with Crippen LogP contribution in [-0.2, 0) is 14.4 Å². The van der Waals surface area contributed by atoms with E-state index in [1.165, 1.54) is 6.92 Å². The van der Waals surface area contributed by atoms with Crippen LogP contribution < -0.4 is 10.6 Å². The Morgan fingerprint density at radius 3 is 2.12 bits per heavy atom. The van der Waals surface area contributed by atoms with Gasteiger partial charge in [0.2, 0.25) is 11.8 Å². The molecule has 0 heterocycles. The number of carbonyl (C=O) groups excluding carboxylic acids is 3. The summed E-state index contributed by atoms with van der Waals surface area (Å²) in [6.45, 7) is 2.01. The van der Waals surface area contributed by atoms with Crippen LogP contribution in [0, 0.1) is 11.3 Å². The van der Waals surface area contributed by atoms with E-state index in [0.29, 0.717) is 6.54 Å². The first kappa shape index (κ1) is 14.1. The summed E-state index contributed by atoms with van der Waals surface area (Å²) >= 11 is 0. The van der Waals surface area contributed by atoms with Crippen molar-refractivity contribution in [2.24, 2.45) is 0 Å². The Balaban J connectivity index is 3.45. The van der Waals surface area contributed by atoms with Crippen LogP contribution >= 0.6 is 0 Å². The zero-order chi connectivity index (χ0) is 12.4. The zero-order valence-electron chi connectivity index (χ0n) is 9.21. The third kappa shape index (κ3) is 8.69. The van der Waals surface area contributed by atoms with Crippen molar-refractivity contribution in [3.63, 3.8) is 0 Å². The molecule has 0 spiro atoms. The summed E-state index contributed by atoms with van der Waals surface area (Å²) in [4.78, 5) is 32.5. The number of amides is 2. The minimum Gasteiger partial charge on any atom is -0.354 e. The summed E-state index contributed by atoms with van der Waals surface area (Å²) in [5, 5.41) is 13.2. The monoisotopic (exact) mass is 225 g/mol. The van der Waals surface area contributed by atoms with Crippen LogP contribution in [-0.4, -0.2) is 30.7 Å². The van der Waals surface area contributed by atoms with Crippen LogP contribution in [0.25, 0.3) is 0 Å². The van der Waals surface area contributed by atoms with Crippen LogP contribution in [0.2, 0.25) is 0 Å². The molecule has 0 atom stereocenters. The van der Waals surface area contributed by atoms with E-state index in [2.05, 4.69) is 10.6 Å². The topological polar surface area (TPSA) is 99.1 Å². The largest absolute Gasteiger partial charge is 0.354 e. The van der Waals surface area contributed by atoms with Crippen molar-refractivity contribution >= 4 is 17.6 Å². The summed E-state index contributed by atoms with van der Waals surface area (Å²) in [6.07, 6.45) is 0.215. The predicted molar refractivity (Wildman–Crippen MR) is 56.2 cm³/mol. The molecule has 6 nitrogen and oxygen atoms in total. The van der Waals surface area contributed by atoms with Gasteiger partial charge in [0.1, 0.15) is 12.2 Å². The first-order chi connectivity index (χ1) is 7.56. The second kappa shape index (κ2) is 8.41. The Labute approximate surface area is 94.0 Å². The molecule has 0 saturated carbocycles. The highest BCUT2D eigenvalue weighted by Gasteiger charge is 2.03. The van der Waals surface area contributed by atoms with Gasteiger partial charge in [0.25, 0.3) is 0 Å². The number of nitriles is 1. The summed E-state index contributed by atoms with van der Waals surface area (Å²) in [6, 6.07) is 1.71. The summed E-state index contributed by atoms with van der Waals surface area (Å²) in [5.41, 5.74) is 0. The van der Waals surface area contributed by atoms with Gasteiger partial charge in [0.15, 0.2) is 0 Å². The average Bonchev–Trinajstić information content (AvgIpc) is 2.22. The molecule has 0 radical (unpaired) electrons. The quantitative estimate of drug-likeness (QED) is 0.570. The van der Waals surface area contributed by atoms with Crippen molar-refractivity contribution in [1.82, 2.24) is 10.6 Å². The standard InChI is InChI=1S/C10H15N3O3/c1-8(14)2-3-9(15)12-6-7-13-10(16)4-5-11/h2-4,6-7H2,1H3,(H,12,15)(H,13,16). The fraction of sp³-hybridized carbons (Fsp3) is 0.600. The second-order valence-electron chi connectivity index (χ2n) is 3.24. The van der Waals surface area contributed by atoms with Gasteiger partial charge < -0.3 is 15.4 Å². The molecular weight excluding hydrogens is 210 g/mol. The number of Topliss-reactive ketones (excluding diaryl/α,β-unsaturated/α-hetero) is 1. The zero-order valence-corrected chi connectivity index (χ0v) is 9.21. The molecule has 0 saturated heterocycles. The first-order valence-electron chi connectivity index (χ1n) is 4.96. The van der Waals surface area contributed by atoms with Crippen LogP contribution in [0.3, 0.4) is 0 Å². The number of ketones is 1. The molecule has 0 fully saturated rings. The van der Waals surface area contributed by atoms with E-state index in [1.54, 1.807) is 6.07 Å². The van der Waals surface area contributed by atoms with Crippen molar-refractivity contribution in [1.29, 1.82) is 5.26 Å². The van der Waals surface area contributed by atoms with Crippen molar-refractivity contribution in [2.45, 2.75) is 26.2 Å². The maximum Gasteiger partial charge on any atom is 0.234 e. The number of carbonyl (C=O) groups is 3. The van der Waals surface area contributed by atoms with E-state index in [1.807, 2.05) is 0 Å². The molecule has 2 amide bonds. The Bertz CT molecular complexity index is 307. The van der Waals surface area contributed by atoms with E-state index in [0.717, 1.165) is 0 Å². The van der Waals surface area contributed by atoms with Crippen molar-refractivity contribution in [3.05, 3.63) is 0 Å². The Kier molecular flexibility index (Phi) is 7.41. The van der Waals surface area contributed by atoms with Crippen molar-refractivity contribution in [2.75, 3.05) is 13.1 Å². The van der Waals surface area contributed by atoms with E-state index in [-0.39, 0.29) is 43.4 Å². The molecule has 2 N–H and O–H groups in total. The van der Waals surface area contributed by atoms with E-state index < -0.39 is 0 Å². The van der Waals surface area contributed by atoms with Gasteiger partial charge in [-0.15, -0.1) is 0 Å². The Morgan fingerprint density at radius 1 is 1.06 bits per heavy atom. The van der Waals surface area contributed by atoms with Gasteiger partial charge in [-0.25, -0.2) is 0 Å². The lowest BCUT2D eigenvalue weighted by Gasteiger charge is -2.05. The highest BCUT2D eigenvalue weighted by molar-refractivity contribution is 5.83. The van der Waals surface area contributed by atoms with Crippen molar-refractivity contribution < 1.29 is 14.4 Å². The molecule has 16 heavy (non-hydrogen) atoms. The molecule has 88 valence electrons. The maximum atomic E-state index is 11.1. The Hall–Kier alpha value is -1.90. The second-order valence-corrected chi connectivity index (χ2v) is 3.24. The molecule has 0 aliphatic rings. The van der Waals surface area contributed by atoms with E-state index in [4.69, 9.17) is 5.26 Å². The van der Waals surface area contributed by atoms with Gasteiger partial charge in [0, 0.05) is 25.9 Å². The van der Waals surface area contributed by atoms with Gasteiger partial charge in [-0.1, -0.05) is 0 Å². The molecule has 0 aliphatic heterocycles. The molecular formula is C10H15N3O3. The van der Waals surface area contributed by atoms with Crippen molar-refractivity contribution in [3.8, 4) is 6.07 Å². The minimum absolute atomic E-state index is 0.0301. The molecule has 0 aromatic rings. The van der Waals surface area contributed by atoms with Crippen LogP contribution in [0.4, 0.5) is 0 Å². The normalized spacial score (nSPS) is 9.00. The predicted octanol–water partition coefficient (Wildman–Crippen LogP) is -0.498. The van der Waals surface area contributed by atoms with Gasteiger partial charge >= 0.3 is 0 Å². The molecule has 0 aromatic carbocycles. The first-order valence-corrected chi connectivity index (χ1v) is 4.96. The van der Waals surface area contributed by atoms with Gasteiger partial charge in [0.05, 0.1) is 6.07 Å². The van der Waals surface area contributed by atoms with E-state index in [9.17, 15) is 14.4 Å². The molecule has 0 unspecified atom stereocenters. The molecule has 0 aromatic heterocycles. The number of hydrogen-bond acceptors (Lipinski definition) is 4. The third-order valence-corrected chi connectivity index (χ3v) is 1.71. The molecule has 0 bridgehead atoms. The van der Waals surface area contributed by atoms with Gasteiger partial charge in [-0.2, -0.15) is 5.26 Å². The minimum atomic E-state index is -0.361. The highest BCUT2D eigenvalue weighted by atomic mass is 16.2. The average molecular weight is 225 g/mol. The SMILES string of the molecule is CC(=O)CCC(=O)NCCNC(=O)CC#N. The van der Waals surface area contributed by atoms with Gasteiger partial charge in [-0.05, 0) is 6.92 Å². The molecule has 0 aliphatic carbocycles. The summed E-state index contributed by atoms with van der Waals surface area (Å²) in [5.74, 6) is -0.609. The lowest BCUT2D eigenvalue weighted by atomic mass is 10.2. The smallest absolute Gasteiger partial charge is 0.234 e. The van der Waals surface area contributed by atoms with Crippen LogP contribution in [0.5, 0.6) is 0 Å². The number of nitrogens with zero attached hydrogens (tertiary/aromatic N) is 1. The fourth-order valence-electron chi connectivity index (χ4n) is 0.916. The summed E-state index contributed by atoms with van der Waals surface area (Å²) < 4.78 is 0. The lowest BCUT2D eigenvalue weighted by Crippen LogP contribution is -2.34. The number of rotatable bonds is 7. The summed E-state index contributed by atoms with van der Waals surface area (Å²) in [7, 11) is 0. The number of nitrogens with one attached hydrogen (secondary N) is 2. The lowest BCUT2D eigenvalue weighted by molar-refractivity contribution is -0.124. The van der Waals surface area contributed by atoms with Gasteiger partial charge in [-0.3, -0.25) is 9.59 Å². The highest BCUT2D eigenvalue weighted by Crippen LogP contribution is 1.89. The Morgan fingerprint density at radius 2 is 1.62 bits per heavy atom. The maximum absolute atomic E-state index is 11.1. The molecule has 0 rings (SSSR count). The fourth-order valence-corrected chi connectivity index (χ4v) is 0.916.